The first-order chi connectivity index (χ1) is 7.75. The molecule has 1 atom stereocenters. The van der Waals surface area contributed by atoms with Crippen molar-refractivity contribution in [2.45, 2.75) is 25.4 Å². The van der Waals surface area contributed by atoms with E-state index in [-0.39, 0.29) is 6.04 Å². The fourth-order valence-corrected chi connectivity index (χ4v) is 3.45. The highest BCUT2D eigenvalue weighted by Crippen LogP contribution is 2.32. The average molecular weight is 298 g/mol. The van der Waals surface area contributed by atoms with E-state index in [0.29, 0.717) is 0 Å². The Balaban J connectivity index is 2.13. The molecule has 2 aromatic heterocycles. The quantitative estimate of drug-likeness (QED) is 0.879. The van der Waals surface area contributed by atoms with Crippen LogP contribution in [0.25, 0.3) is 10.6 Å². The predicted octanol–water partition coefficient (Wildman–Crippen LogP) is 2.65. The lowest BCUT2D eigenvalue weighted by molar-refractivity contribution is 0.467. The van der Waals surface area contributed by atoms with Crippen molar-refractivity contribution in [3.63, 3.8) is 0 Å². The van der Waals surface area contributed by atoms with Crippen molar-refractivity contribution in [1.29, 1.82) is 0 Å². The molecule has 3 nitrogen and oxygen atoms in total. The number of fused-ring (bicyclic) bond motifs is 1. The van der Waals surface area contributed by atoms with Crippen LogP contribution in [0.1, 0.15) is 12.1 Å². The Hall–Kier alpha value is -0.650. The van der Waals surface area contributed by atoms with Crippen LogP contribution < -0.4 is 5.73 Å². The topological polar surface area (TPSA) is 43.8 Å². The van der Waals surface area contributed by atoms with Gasteiger partial charge in [-0.05, 0) is 33.8 Å². The Bertz CT molecular complexity index is 504. The minimum atomic E-state index is 0.273. The van der Waals surface area contributed by atoms with E-state index < -0.39 is 0 Å². The number of thiophene rings is 1. The summed E-state index contributed by atoms with van der Waals surface area (Å²) in [6.45, 7) is 0.968. The summed E-state index contributed by atoms with van der Waals surface area (Å²) in [5.41, 5.74) is 8.39. The zero-order valence-corrected chi connectivity index (χ0v) is 11.1. The smallest absolute Gasteiger partial charge is 0.177 e. The molecule has 0 aliphatic carbocycles. The summed E-state index contributed by atoms with van der Waals surface area (Å²) in [5.74, 6) is 0. The Morgan fingerprint density at radius 1 is 1.56 bits per heavy atom. The monoisotopic (exact) mass is 297 g/mol. The third-order valence-corrected chi connectivity index (χ3v) is 4.44. The van der Waals surface area contributed by atoms with E-state index in [9.17, 15) is 0 Å². The van der Waals surface area contributed by atoms with E-state index in [1.54, 1.807) is 11.3 Å². The van der Waals surface area contributed by atoms with Crippen LogP contribution in [0.5, 0.6) is 0 Å². The van der Waals surface area contributed by atoms with Crippen LogP contribution in [0.2, 0.25) is 0 Å². The average Bonchev–Trinajstić information content (AvgIpc) is 2.86. The van der Waals surface area contributed by atoms with Crippen LogP contribution in [0.4, 0.5) is 0 Å². The van der Waals surface area contributed by atoms with Gasteiger partial charge in [-0.1, -0.05) is 6.07 Å². The van der Waals surface area contributed by atoms with Gasteiger partial charge in [-0.2, -0.15) is 0 Å². The maximum atomic E-state index is 6.03. The highest BCUT2D eigenvalue weighted by molar-refractivity contribution is 9.10. The van der Waals surface area contributed by atoms with Crippen molar-refractivity contribution >= 4 is 27.3 Å². The maximum absolute atomic E-state index is 6.03. The number of hydrogen-bond acceptors (Lipinski definition) is 3. The molecular weight excluding hydrogens is 286 g/mol. The number of hydrogen-bond donors (Lipinski definition) is 1. The van der Waals surface area contributed by atoms with Crippen LogP contribution in [0, 0.1) is 0 Å². The molecule has 1 aliphatic rings. The van der Waals surface area contributed by atoms with Gasteiger partial charge in [0.05, 0.1) is 4.88 Å². The molecule has 2 N–H and O–H groups in total. The predicted molar refractivity (Wildman–Crippen MR) is 69.5 cm³/mol. The first kappa shape index (κ1) is 10.5. The second-order valence-electron chi connectivity index (χ2n) is 4.06. The molecule has 0 bridgehead atoms. The van der Waals surface area contributed by atoms with Crippen LogP contribution >= 0.6 is 27.3 Å². The minimum Gasteiger partial charge on any atom is -0.327 e. The zero-order chi connectivity index (χ0) is 11.1. The normalized spacial score (nSPS) is 19.8. The standard InChI is InChI=1S/C11H12BrN3S/c12-11-14-10(9-2-1-5-16-9)8-6-7(13)3-4-15(8)11/h1-2,5,7H,3-4,6,13H2. The molecule has 5 heteroatoms. The Morgan fingerprint density at radius 2 is 2.44 bits per heavy atom. The summed E-state index contributed by atoms with van der Waals surface area (Å²) in [6, 6.07) is 4.44. The molecule has 3 rings (SSSR count). The van der Waals surface area contributed by atoms with Crippen molar-refractivity contribution in [3.8, 4) is 10.6 Å². The van der Waals surface area contributed by atoms with Gasteiger partial charge in [0.25, 0.3) is 0 Å². The van der Waals surface area contributed by atoms with Crippen LogP contribution in [-0.2, 0) is 13.0 Å². The lowest BCUT2D eigenvalue weighted by atomic mass is 10.0. The van der Waals surface area contributed by atoms with Gasteiger partial charge in [0.15, 0.2) is 4.73 Å². The number of aromatic nitrogens is 2. The molecule has 0 saturated carbocycles. The highest BCUT2D eigenvalue weighted by Gasteiger charge is 2.23. The Kier molecular flexibility index (Phi) is 2.61. The summed E-state index contributed by atoms with van der Waals surface area (Å²) in [7, 11) is 0. The summed E-state index contributed by atoms with van der Waals surface area (Å²) in [5, 5.41) is 2.08. The van der Waals surface area contributed by atoms with Gasteiger partial charge < -0.3 is 10.3 Å². The third-order valence-electron chi connectivity index (χ3n) is 2.96. The fraction of sp³-hybridized carbons (Fsp3) is 0.364. The molecule has 2 aromatic rings. The molecule has 0 radical (unpaired) electrons. The fourth-order valence-electron chi connectivity index (χ4n) is 2.15. The molecule has 0 fully saturated rings. The second-order valence-corrected chi connectivity index (χ2v) is 5.71. The molecule has 16 heavy (non-hydrogen) atoms. The molecule has 0 saturated heterocycles. The van der Waals surface area contributed by atoms with E-state index in [1.807, 2.05) is 0 Å². The Labute approximate surface area is 106 Å². The highest BCUT2D eigenvalue weighted by atomic mass is 79.9. The van der Waals surface area contributed by atoms with E-state index in [0.717, 1.165) is 29.8 Å². The van der Waals surface area contributed by atoms with Crippen LogP contribution in [-0.4, -0.2) is 15.6 Å². The number of imidazole rings is 1. The van der Waals surface area contributed by atoms with Gasteiger partial charge in [0.2, 0.25) is 0 Å². The lowest BCUT2D eigenvalue weighted by Crippen LogP contribution is -2.30. The van der Waals surface area contributed by atoms with Crippen molar-refractivity contribution in [2.24, 2.45) is 5.73 Å². The largest absolute Gasteiger partial charge is 0.327 e. The van der Waals surface area contributed by atoms with Crippen molar-refractivity contribution in [2.75, 3.05) is 0 Å². The van der Waals surface area contributed by atoms with Gasteiger partial charge in [0, 0.05) is 24.7 Å². The number of halogens is 1. The lowest BCUT2D eigenvalue weighted by Gasteiger charge is -2.21. The van der Waals surface area contributed by atoms with E-state index in [2.05, 4.69) is 43.0 Å². The third kappa shape index (κ3) is 1.63. The van der Waals surface area contributed by atoms with Crippen LogP contribution in [0.15, 0.2) is 22.2 Å². The molecule has 1 unspecified atom stereocenters. The van der Waals surface area contributed by atoms with Gasteiger partial charge in [-0.3, -0.25) is 0 Å². The second kappa shape index (κ2) is 3.98. The van der Waals surface area contributed by atoms with Gasteiger partial charge >= 0.3 is 0 Å². The molecular formula is C11H12BrN3S. The minimum absolute atomic E-state index is 0.273. The van der Waals surface area contributed by atoms with Gasteiger partial charge in [-0.15, -0.1) is 11.3 Å². The summed E-state index contributed by atoms with van der Waals surface area (Å²) in [6.07, 6.45) is 1.96. The van der Waals surface area contributed by atoms with Gasteiger partial charge in [-0.25, -0.2) is 4.98 Å². The van der Waals surface area contributed by atoms with Gasteiger partial charge in [0.1, 0.15) is 5.69 Å². The Morgan fingerprint density at radius 3 is 3.19 bits per heavy atom. The summed E-state index contributed by atoms with van der Waals surface area (Å²) >= 11 is 5.25. The molecule has 0 amide bonds. The maximum Gasteiger partial charge on any atom is 0.177 e. The SMILES string of the molecule is NC1CCn2c(Br)nc(-c3cccs3)c2C1. The molecule has 84 valence electrons. The molecule has 0 spiro atoms. The number of nitrogens with zero attached hydrogens (tertiary/aromatic N) is 2. The van der Waals surface area contributed by atoms with Crippen LogP contribution in [0.3, 0.4) is 0 Å². The first-order valence-corrected chi connectivity index (χ1v) is 6.97. The number of nitrogens with two attached hydrogens (primary N) is 1. The van der Waals surface area contributed by atoms with E-state index >= 15 is 0 Å². The summed E-state index contributed by atoms with van der Waals surface area (Å²) < 4.78 is 3.16. The molecule has 3 heterocycles. The summed E-state index contributed by atoms with van der Waals surface area (Å²) in [4.78, 5) is 5.83. The molecule has 0 aromatic carbocycles. The van der Waals surface area contributed by atoms with Crippen molar-refractivity contribution < 1.29 is 0 Å². The molecule has 1 aliphatic heterocycles. The van der Waals surface area contributed by atoms with Crippen molar-refractivity contribution in [1.82, 2.24) is 9.55 Å². The first-order valence-electron chi connectivity index (χ1n) is 5.30. The van der Waals surface area contributed by atoms with Crippen molar-refractivity contribution in [3.05, 3.63) is 27.9 Å². The van der Waals surface area contributed by atoms with E-state index in [4.69, 9.17) is 5.73 Å². The zero-order valence-electron chi connectivity index (χ0n) is 8.69. The number of rotatable bonds is 1. The van der Waals surface area contributed by atoms with E-state index in [1.165, 1.54) is 10.6 Å².